The van der Waals surface area contributed by atoms with E-state index in [4.69, 9.17) is 9.47 Å². The molecule has 3 aromatic carbocycles. The quantitative estimate of drug-likeness (QED) is 0.248. The molecular formula is C34H42FNO4. The van der Waals surface area contributed by atoms with Crippen LogP contribution in [0.1, 0.15) is 81.9 Å². The number of rotatable bonds is 12. The number of ether oxygens (including phenoxy) is 2. The van der Waals surface area contributed by atoms with E-state index in [0.29, 0.717) is 35.8 Å². The summed E-state index contributed by atoms with van der Waals surface area (Å²) in [5, 5.41) is 9.36. The molecule has 3 aromatic rings. The van der Waals surface area contributed by atoms with E-state index in [1.807, 2.05) is 36.4 Å². The largest absolute Gasteiger partial charge is 0.497 e. The number of hydrogen-bond donors (Lipinski definition) is 1. The summed E-state index contributed by atoms with van der Waals surface area (Å²) in [7, 11) is 1.59. The topological polar surface area (TPSA) is 59.0 Å². The minimum absolute atomic E-state index is 0.0387. The molecule has 1 saturated heterocycles. The van der Waals surface area contributed by atoms with Crippen LogP contribution in [0.25, 0.3) is 11.1 Å². The Balaban J connectivity index is 1.61. The van der Waals surface area contributed by atoms with Crippen LogP contribution >= 0.6 is 0 Å². The van der Waals surface area contributed by atoms with Crippen molar-refractivity contribution >= 4 is 5.97 Å². The Hall–Kier alpha value is -3.38. The van der Waals surface area contributed by atoms with Crippen molar-refractivity contribution in [2.45, 2.75) is 90.4 Å². The van der Waals surface area contributed by atoms with Crippen molar-refractivity contribution in [2.24, 2.45) is 0 Å². The van der Waals surface area contributed by atoms with Gasteiger partial charge in [-0.1, -0.05) is 50.1 Å². The molecule has 0 radical (unpaired) electrons. The van der Waals surface area contributed by atoms with Gasteiger partial charge in [-0.15, -0.1) is 0 Å². The van der Waals surface area contributed by atoms with Crippen LogP contribution in [0.3, 0.4) is 0 Å². The fourth-order valence-electron chi connectivity index (χ4n) is 5.92. The maximum absolute atomic E-state index is 15.1. The highest BCUT2D eigenvalue weighted by Crippen LogP contribution is 2.34. The lowest BCUT2D eigenvalue weighted by atomic mass is 9.91. The summed E-state index contributed by atoms with van der Waals surface area (Å²) >= 11 is 0. The van der Waals surface area contributed by atoms with Crippen molar-refractivity contribution in [3.8, 4) is 22.6 Å². The van der Waals surface area contributed by atoms with Gasteiger partial charge in [0.25, 0.3) is 0 Å². The fraction of sp³-hybridized carbons (Fsp3) is 0.441. The third kappa shape index (κ3) is 7.42. The Labute approximate surface area is 237 Å². The number of carboxylic acids is 1. The first kappa shape index (κ1) is 29.6. The summed E-state index contributed by atoms with van der Waals surface area (Å²) in [4.78, 5) is 13.9. The van der Waals surface area contributed by atoms with Crippen molar-refractivity contribution in [1.82, 2.24) is 4.90 Å². The maximum atomic E-state index is 15.1. The molecule has 0 aromatic heterocycles. The number of methoxy groups -OCH3 is 1. The van der Waals surface area contributed by atoms with Crippen LogP contribution in [0.5, 0.6) is 11.5 Å². The first-order chi connectivity index (χ1) is 19.3. The van der Waals surface area contributed by atoms with Crippen LogP contribution in [0, 0.1) is 5.82 Å². The second kappa shape index (κ2) is 13.8. The third-order valence-electron chi connectivity index (χ3n) is 8.16. The van der Waals surface area contributed by atoms with Gasteiger partial charge in [-0.2, -0.15) is 0 Å². The van der Waals surface area contributed by atoms with Gasteiger partial charge in [0.2, 0.25) is 0 Å². The molecular weight excluding hydrogens is 505 g/mol. The van der Waals surface area contributed by atoms with Gasteiger partial charge >= 0.3 is 5.97 Å². The first-order valence-electron chi connectivity index (χ1n) is 14.4. The SMILES string of the molecule is CCC[C@@H](CC(=O)O)c1cccc(OCc2ccc(-c3cc(OC)ccc3F)c(CN3[C@H](C)CCC[C@H]3C)c2)c1. The van der Waals surface area contributed by atoms with Gasteiger partial charge in [-0.3, -0.25) is 9.69 Å². The highest BCUT2D eigenvalue weighted by molar-refractivity contribution is 5.70. The second-order valence-electron chi connectivity index (χ2n) is 11.1. The van der Waals surface area contributed by atoms with Gasteiger partial charge in [0.1, 0.15) is 23.9 Å². The lowest BCUT2D eigenvalue weighted by molar-refractivity contribution is -0.137. The Kier molecular flexibility index (Phi) is 10.2. The van der Waals surface area contributed by atoms with Crippen molar-refractivity contribution in [3.63, 3.8) is 0 Å². The zero-order valence-corrected chi connectivity index (χ0v) is 24.2. The van der Waals surface area contributed by atoms with Gasteiger partial charge in [0.15, 0.2) is 0 Å². The lowest BCUT2D eigenvalue weighted by Gasteiger charge is -2.39. The third-order valence-corrected chi connectivity index (χ3v) is 8.16. The Morgan fingerprint density at radius 3 is 2.50 bits per heavy atom. The standard InChI is InChI=1S/C34H42FNO4/c1-5-8-26(19-34(37)38)27-11-7-12-30(18-27)40-22-25-13-15-31(32-20-29(39-4)14-16-33(32)35)28(17-25)21-36-23(2)9-6-10-24(36)3/h7,11-18,20,23-24,26H,5-6,8-10,19,21-22H2,1-4H3,(H,37,38)/t23-,24-,26+/m1/s1. The molecule has 1 N–H and O–H groups in total. The monoisotopic (exact) mass is 547 g/mol. The number of carbonyl (C=O) groups is 1. The molecule has 1 aliphatic heterocycles. The number of nitrogens with zero attached hydrogens (tertiary/aromatic N) is 1. The normalized spacial score (nSPS) is 18.3. The molecule has 0 saturated carbocycles. The van der Waals surface area contributed by atoms with Gasteiger partial charge in [-0.25, -0.2) is 4.39 Å². The van der Waals surface area contributed by atoms with Crippen LogP contribution in [-0.2, 0) is 17.9 Å². The minimum Gasteiger partial charge on any atom is -0.497 e. The Bertz CT molecular complexity index is 1280. The van der Waals surface area contributed by atoms with E-state index in [1.54, 1.807) is 19.2 Å². The van der Waals surface area contributed by atoms with Gasteiger partial charge < -0.3 is 14.6 Å². The molecule has 0 unspecified atom stereocenters. The van der Waals surface area contributed by atoms with E-state index in [2.05, 4.69) is 31.7 Å². The summed E-state index contributed by atoms with van der Waals surface area (Å²) in [5.41, 5.74) is 4.45. The predicted molar refractivity (Wildman–Crippen MR) is 157 cm³/mol. The Morgan fingerprint density at radius 2 is 1.80 bits per heavy atom. The van der Waals surface area contributed by atoms with Crippen LogP contribution in [0.15, 0.2) is 60.7 Å². The van der Waals surface area contributed by atoms with E-state index in [0.717, 1.165) is 54.5 Å². The number of hydrogen-bond acceptors (Lipinski definition) is 4. The van der Waals surface area contributed by atoms with Gasteiger partial charge in [0.05, 0.1) is 13.5 Å². The van der Waals surface area contributed by atoms with E-state index >= 15 is 4.39 Å². The highest BCUT2D eigenvalue weighted by atomic mass is 19.1. The van der Waals surface area contributed by atoms with Crippen LogP contribution in [0.4, 0.5) is 4.39 Å². The number of likely N-dealkylation sites (tertiary alicyclic amines) is 1. The number of benzene rings is 3. The summed E-state index contributed by atoms with van der Waals surface area (Å²) in [6.45, 7) is 7.71. The highest BCUT2D eigenvalue weighted by Gasteiger charge is 2.26. The van der Waals surface area contributed by atoms with E-state index < -0.39 is 5.97 Å². The van der Waals surface area contributed by atoms with Crippen molar-refractivity contribution in [1.29, 1.82) is 0 Å². The van der Waals surface area contributed by atoms with Crippen molar-refractivity contribution in [3.05, 3.63) is 83.2 Å². The zero-order chi connectivity index (χ0) is 28.6. The minimum atomic E-state index is -0.790. The van der Waals surface area contributed by atoms with Crippen LogP contribution < -0.4 is 9.47 Å². The fourth-order valence-corrected chi connectivity index (χ4v) is 5.92. The average molecular weight is 548 g/mol. The smallest absolute Gasteiger partial charge is 0.303 e. The number of piperidine rings is 1. The average Bonchev–Trinajstić information content (AvgIpc) is 2.94. The summed E-state index contributed by atoms with van der Waals surface area (Å²) in [6.07, 6.45) is 5.39. The van der Waals surface area contributed by atoms with Crippen LogP contribution in [0.2, 0.25) is 0 Å². The summed E-state index contributed by atoms with van der Waals surface area (Å²) in [6, 6.07) is 19.7. The molecule has 1 aliphatic rings. The number of carboxylic acid groups (broad SMARTS) is 1. The van der Waals surface area contributed by atoms with Crippen molar-refractivity contribution in [2.75, 3.05) is 7.11 Å². The van der Waals surface area contributed by atoms with E-state index in [1.165, 1.54) is 12.5 Å². The molecule has 0 bridgehead atoms. The molecule has 5 nitrogen and oxygen atoms in total. The molecule has 214 valence electrons. The van der Waals surface area contributed by atoms with E-state index in [9.17, 15) is 9.90 Å². The van der Waals surface area contributed by atoms with Crippen LogP contribution in [-0.4, -0.2) is 35.2 Å². The number of aliphatic carboxylic acids is 1. The molecule has 0 amide bonds. The summed E-state index contributed by atoms with van der Waals surface area (Å²) in [5.74, 6) is 0.237. The van der Waals surface area contributed by atoms with E-state index in [-0.39, 0.29) is 18.2 Å². The molecule has 1 heterocycles. The number of halogens is 1. The predicted octanol–water partition coefficient (Wildman–Crippen LogP) is 8.20. The lowest BCUT2D eigenvalue weighted by Crippen LogP contribution is -2.43. The molecule has 0 aliphatic carbocycles. The van der Waals surface area contributed by atoms with Gasteiger partial charge in [0, 0.05) is 24.2 Å². The molecule has 1 fully saturated rings. The molecule has 4 rings (SSSR count). The molecule has 6 heteroatoms. The maximum Gasteiger partial charge on any atom is 0.303 e. The molecule has 40 heavy (non-hydrogen) atoms. The second-order valence-corrected chi connectivity index (χ2v) is 11.1. The first-order valence-corrected chi connectivity index (χ1v) is 14.4. The molecule has 3 atom stereocenters. The zero-order valence-electron chi connectivity index (χ0n) is 24.2. The molecule has 0 spiro atoms. The van der Waals surface area contributed by atoms with Gasteiger partial charge in [-0.05, 0) is 91.6 Å². The van der Waals surface area contributed by atoms with Crippen molar-refractivity contribution < 1.29 is 23.8 Å². The summed E-state index contributed by atoms with van der Waals surface area (Å²) < 4.78 is 26.7. The Morgan fingerprint density at radius 1 is 1.02 bits per heavy atom.